The lowest BCUT2D eigenvalue weighted by atomic mass is 9.94. The molecule has 8 heterocycles. The number of benzene rings is 1. The monoisotopic (exact) mass is 985 g/mol. The first-order valence-corrected chi connectivity index (χ1v) is 29.1. The van der Waals surface area contributed by atoms with E-state index in [0.29, 0.717) is 55.9 Å². The second-order valence-electron chi connectivity index (χ2n) is 18.6. The third-order valence-electron chi connectivity index (χ3n) is 14.0. The maximum atomic E-state index is 14.5. The molecule has 7 nitrogen and oxygen atoms in total. The number of hydrogen-bond acceptors (Lipinski definition) is 11. The number of unbranched alkanes of at least 4 members (excludes halogenated alkanes) is 7. The average molecular weight is 986 g/mol. The summed E-state index contributed by atoms with van der Waals surface area (Å²) in [5.41, 5.74) is 3.52. The Bertz CT molecular complexity index is 2580. The first-order chi connectivity index (χ1) is 32.2. The summed E-state index contributed by atoms with van der Waals surface area (Å²) >= 11 is 8.88. The Morgan fingerprint density at radius 1 is 0.530 bits per heavy atom. The lowest BCUT2D eigenvalue weighted by Gasteiger charge is -2.20. The van der Waals surface area contributed by atoms with Gasteiger partial charge in [-0.05, 0) is 57.1 Å². The number of carbonyl (C=O) groups excluding carboxylic acids is 2. The van der Waals surface area contributed by atoms with E-state index in [4.69, 9.17) is 18.9 Å². The number of hydrogen-bond donors (Lipinski definition) is 0. The van der Waals surface area contributed by atoms with Crippen LogP contribution in [0.2, 0.25) is 0 Å². The summed E-state index contributed by atoms with van der Waals surface area (Å²) < 4.78 is 28.9. The van der Waals surface area contributed by atoms with Crippen LogP contribution in [-0.4, -0.2) is 49.7 Å². The minimum atomic E-state index is -0.149. The van der Waals surface area contributed by atoms with E-state index in [2.05, 4.69) is 53.7 Å². The molecule has 1 aromatic carbocycles. The highest BCUT2D eigenvalue weighted by atomic mass is 32.1. The fraction of sp³-hybridized carbons (Fsp3) is 0.556. The van der Waals surface area contributed by atoms with Gasteiger partial charge in [0.05, 0.1) is 35.5 Å². The second kappa shape index (κ2) is 21.1. The molecule has 3 aliphatic rings. The zero-order valence-electron chi connectivity index (χ0n) is 40.1. The lowest BCUT2D eigenvalue weighted by Crippen LogP contribution is -2.31. The van der Waals surface area contributed by atoms with Crippen molar-refractivity contribution >= 4 is 88.7 Å². The highest BCUT2D eigenvalue weighted by Crippen LogP contribution is 2.61. The van der Waals surface area contributed by atoms with Crippen LogP contribution in [0.4, 0.5) is 0 Å². The van der Waals surface area contributed by atoms with Crippen LogP contribution in [-0.2, 0) is 12.8 Å². The molecule has 0 saturated heterocycles. The van der Waals surface area contributed by atoms with Crippen molar-refractivity contribution in [3.05, 3.63) is 42.8 Å². The van der Waals surface area contributed by atoms with Crippen molar-refractivity contribution in [1.29, 1.82) is 0 Å². The molecule has 2 amide bonds. The van der Waals surface area contributed by atoms with E-state index in [1.807, 2.05) is 40.9 Å². The van der Waals surface area contributed by atoms with Gasteiger partial charge in [0, 0.05) is 52.5 Å². The van der Waals surface area contributed by atoms with E-state index in [1.54, 1.807) is 22.7 Å². The molecule has 12 heteroatoms. The van der Waals surface area contributed by atoms with E-state index >= 15 is 0 Å². The summed E-state index contributed by atoms with van der Waals surface area (Å²) in [4.78, 5) is 39.0. The maximum Gasteiger partial charge on any atom is 0.263 e. The van der Waals surface area contributed by atoms with Crippen molar-refractivity contribution in [2.24, 2.45) is 11.8 Å². The molecule has 0 aliphatic carbocycles. The van der Waals surface area contributed by atoms with Crippen LogP contribution >= 0.6 is 56.7 Å². The van der Waals surface area contributed by atoms with Gasteiger partial charge in [0.25, 0.3) is 11.8 Å². The van der Waals surface area contributed by atoms with Crippen molar-refractivity contribution in [2.75, 3.05) is 33.0 Å². The van der Waals surface area contributed by atoms with Crippen molar-refractivity contribution < 1.29 is 28.5 Å². The van der Waals surface area contributed by atoms with Crippen LogP contribution in [0.25, 0.3) is 50.8 Å². The van der Waals surface area contributed by atoms with E-state index < -0.39 is 0 Å². The second-order valence-corrected chi connectivity index (χ2v) is 24.4. The first kappa shape index (κ1) is 47.6. The number of amides is 2. The predicted octanol–water partition coefficient (Wildman–Crippen LogP) is 16.9. The molecule has 0 N–H and O–H groups in total. The van der Waals surface area contributed by atoms with E-state index in [9.17, 15) is 9.59 Å². The zero-order valence-corrected chi connectivity index (χ0v) is 44.2. The summed E-state index contributed by atoms with van der Waals surface area (Å²) in [5, 5.41) is 2.34. The van der Waals surface area contributed by atoms with E-state index in [0.717, 1.165) is 102 Å². The van der Waals surface area contributed by atoms with Gasteiger partial charge in [0.2, 0.25) is 0 Å². The molecule has 6 aromatic rings. The average Bonchev–Trinajstić information content (AvgIpc) is 4.19. The van der Waals surface area contributed by atoms with Gasteiger partial charge in [-0.3, -0.25) is 14.5 Å². The Morgan fingerprint density at radius 3 is 1.59 bits per heavy atom. The number of aryl methyl sites for hydroxylation is 2. The molecule has 66 heavy (non-hydrogen) atoms. The molecule has 9 rings (SSSR count). The molecule has 0 radical (unpaired) electrons. The van der Waals surface area contributed by atoms with Crippen LogP contribution in [0.15, 0.2) is 12.1 Å². The SMILES string of the molecule is CCCCCCCCN1C(=O)c2c(C)sc(-c3cc4c(-c5sc(CC(CC)CCCC)c6c5OCCO6)c5sc(C)cc5c(-c5sc(CC(CC)CCCC)c6c5OCCO6)c4s3)c2C1=O. The Labute approximate surface area is 411 Å². The third kappa shape index (κ3) is 9.00. The van der Waals surface area contributed by atoms with Gasteiger partial charge in [-0.1, -0.05) is 118 Å². The predicted molar refractivity (Wildman–Crippen MR) is 281 cm³/mol. The number of fused-ring (bicyclic) bond motifs is 5. The van der Waals surface area contributed by atoms with Gasteiger partial charge >= 0.3 is 0 Å². The Hall–Kier alpha value is -3.42. The number of nitrogens with zero attached hydrogens (tertiary/aromatic N) is 1. The van der Waals surface area contributed by atoms with Crippen LogP contribution in [0.1, 0.15) is 165 Å². The summed E-state index contributed by atoms with van der Waals surface area (Å²) in [5.74, 6) is 4.43. The van der Waals surface area contributed by atoms with Crippen LogP contribution < -0.4 is 18.9 Å². The van der Waals surface area contributed by atoms with Gasteiger partial charge in [0.1, 0.15) is 26.4 Å². The van der Waals surface area contributed by atoms with Crippen LogP contribution in [0, 0.1) is 25.7 Å². The molecule has 0 saturated carbocycles. The van der Waals surface area contributed by atoms with Crippen molar-refractivity contribution in [1.82, 2.24) is 4.90 Å². The molecular formula is C54H67NO6S5. The maximum absolute atomic E-state index is 14.5. The highest BCUT2D eigenvalue weighted by molar-refractivity contribution is 7.28. The zero-order chi connectivity index (χ0) is 46.1. The van der Waals surface area contributed by atoms with Crippen molar-refractivity contribution in [2.45, 2.75) is 151 Å². The molecule has 2 unspecified atom stereocenters. The summed E-state index contributed by atoms with van der Waals surface area (Å²) in [6, 6.07) is 4.70. The number of ether oxygens (including phenoxy) is 4. The number of thiophene rings is 5. The fourth-order valence-corrected chi connectivity index (χ4v) is 16.7. The summed E-state index contributed by atoms with van der Waals surface area (Å²) in [6.07, 6.45) is 18.0. The fourth-order valence-electron chi connectivity index (χ4n) is 10.3. The molecule has 5 aromatic heterocycles. The molecule has 354 valence electrons. The molecular weight excluding hydrogens is 919 g/mol. The van der Waals surface area contributed by atoms with Gasteiger partial charge in [-0.25, -0.2) is 0 Å². The van der Waals surface area contributed by atoms with Crippen molar-refractivity contribution in [3.8, 4) is 53.6 Å². The topological polar surface area (TPSA) is 74.3 Å². The Kier molecular flexibility index (Phi) is 15.2. The quantitative estimate of drug-likeness (QED) is 0.0498. The standard InChI is InChI=1S/C54H67NO6S5/c1-8-13-16-17-18-19-22-55-53(56)40-32(7)63-50(43(40)54(55)57)39-30-36-42(52-47-45(59-24-26-61-47)38(65-52)29-34(12-5)21-15-10-3)48-35(27-31(6)62-48)41(49(36)66-39)51-46-44(58-23-25-60-46)37(64-51)28-33(11-4)20-14-9-2/h27,30,33-34H,8-26,28-29H2,1-7H3. The molecule has 0 fully saturated rings. The first-order valence-electron chi connectivity index (χ1n) is 25.0. The Morgan fingerprint density at radius 2 is 1.03 bits per heavy atom. The van der Waals surface area contributed by atoms with Gasteiger partial charge in [-0.15, -0.1) is 56.7 Å². The lowest BCUT2D eigenvalue weighted by molar-refractivity contribution is 0.0651. The molecule has 2 atom stereocenters. The summed E-state index contributed by atoms with van der Waals surface area (Å²) in [7, 11) is 0. The number of rotatable bonds is 22. The van der Waals surface area contributed by atoms with Crippen LogP contribution in [0.5, 0.6) is 23.0 Å². The largest absolute Gasteiger partial charge is 0.485 e. The molecule has 3 aliphatic heterocycles. The third-order valence-corrected chi connectivity index (χ3v) is 19.9. The van der Waals surface area contributed by atoms with E-state index in [1.165, 1.54) is 98.5 Å². The Balaban J connectivity index is 1.25. The van der Waals surface area contributed by atoms with Crippen molar-refractivity contribution in [3.63, 3.8) is 0 Å². The van der Waals surface area contributed by atoms with E-state index in [-0.39, 0.29) is 11.8 Å². The smallest absolute Gasteiger partial charge is 0.263 e. The van der Waals surface area contributed by atoms with Gasteiger partial charge < -0.3 is 18.9 Å². The van der Waals surface area contributed by atoms with Gasteiger partial charge in [0.15, 0.2) is 23.0 Å². The normalized spacial score (nSPS) is 15.5. The molecule has 0 spiro atoms. The summed E-state index contributed by atoms with van der Waals surface area (Å²) in [6.45, 7) is 18.2. The highest BCUT2D eigenvalue weighted by Gasteiger charge is 2.42. The number of carbonyl (C=O) groups is 2. The number of imide groups is 1. The molecule has 0 bridgehead atoms. The minimum Gasteiger partial charge on any atom is -0.485 e. The van der Waals surface area contributed by atoms with Gasteiger partial charge in [-0.2, -0.15) is 0 Å². The van der Waals surface area contributed by atoms with Crippen LogP contribution in [0.3, 0.4) is 0 Å². The minimum absolute atomic E-state index is 0.138.